The normalized spacial score (nSPS) is 32.3. The molecule has 1 aliphatic heterocycles. The minimum absolute atomic E-state index is 0.122. The van der Waals surface area contributed by atoms with Crippen molar-refractivity contribution in [2.45, 2.75) is 77.7 Å². The van der Waals surface area contributed by atoms with Gasteiger partial charge < -0.3 is 15.5 Å². The molecule has 1 amide bonds. The van der Waals surface area contributed by atoms with Crippen molar-refractivity contribution in [3.05, 3.63) is 20.4 Å². The smallest absolute Gasteiger partial charge is 0.253 e. The first-order valence-electron chi connectivity index (χ1n) is 12.1. The third-order valence-corrected chi connectivity index (χ3v) is 8.13. The van der Waals surface area contributed by atoms with Crippen LogP contribution in [0.4, 0.5) is 11.4 Å². The van der Waals surface area contributed by atoms with Crippen LogP contribution in [0.2, 0.25) is 0 Å². The summed E-state index contributed by atoms with van der Waals surface area (Å²) in [5.74, 6) is 2.07. The number of amides is 1. The Bertz CT molecular complexity index is 814. The maximum atomic E-state index is 12.8. The quantitative estimate of drug-likeness (QED) is 0.698. The fourth-order valence-corrected chi connectivity index (χ4v) is 5.75. The molecule has 1 aromatic rings. The molecule has 6 heteroatoms. The molecule has 4 rings (SSSR count). The molecule has 1 heterocycles. The van der Waals surface area contributed by atoms with Crippen molar-refractivity contribution in [2.75, 3.05) is 29.9 Å². The second kappa shape index (κ2) is 9.11. The van der Waals surface area contributed by atoms with E-state index in [4.69, 9.17) is 0 Å². The maximum absolute atomic E-state index is 12.8. The zero-order chi connectivity index (χ0) is 21.3. The van der Waals surface area contributed by atoms with Crippen LogP contribution in [0.3, 0.4) is 0 Å². The average Bonchev–Trinajstić information content (AvgIpc) is 3.27. The minimum atomic E-state index is -0.360. The first-order chi connectivity index (χ1) is 14.5. The summed E-state index contributed by atoms with van der Waals surface area (Å²) < 4.78 is 0. The van der Waals surface area contributed by atoms with Gasteiger partial charge in [-0.1, -0.05) is 26.7 Å². The number of carbonyl (C=O) groups excluding carboxylic acids is 1. The van der Waals surface area contributed by atoms with Crippen LogP contribution >= 0.6 is 0 Å². The van der Waals surface area contributed by atoms with E-state index in [1.54, 1.807) is 0 Å². The van der Waals surface area contributed by atoms with Crippen LogP contribution in [0, 0.1) is 23.7 Å². The Morgan fingerprint density at radius 3 is 2.33 bits per heavy atom. The monoisotopic (exact) mass is 415 g/mol. The van der Waals surface area contributed by atoms with Crippen molar-refractivity contribution in [1.29, 1.82) is 0 Å². The van der Waals surface area contributed by atoms with E-state index in [1.165, 1.54) is 12.8 Å². The number of hydrogen-bond acceptors (Lipinski definition) is 5. The third kappa shape index (κ3) is 4.28. The lowest BCUT2D eigenvalue weighted by molar-refractivity contribution is -0.127. The molecule has 6 nitrogen and oxygen atoms in total. The molecule has 1 saturated heterocycles. The van der Waals surface area contributed by atoms with E-state index < -0.39 is 0 Å². The van der Waals surface area contributed by atoms with E-state index in [2.05, 4.69) is 29.4 Å². The predicted molar refractivity (Wildman–Crippen MR) is 121 cm³/mol. The van der Waals surface area contributed by atoms with Crippen LogP contribution in [0.1, 0.15) is 71.6 Å². The largest absolute Gasteiger partial charge is 0.380 e. The highest BCUT2D eigenvalue weighted by Gasteiger charge is 2.33. The molecule has 0 radical (unpaired) electrons. The molecular formula is C24H37N3O3. The van der Waals surface area contributed by atoms with Crippen LogP contribution < -0.4 is 26.4 Å². The van der Waals surface area contributed by atoms with Gasteiger partial charge in [-0.05, 0) is 62.7 Å². The van der Waals surface area contributed by atoms with Crippen molar-refractivity contribution in [3.63, 3.8) is 0 Å². The van der Waals surface area contributed by atoms with Gasteiger partial charge in [0.25, 0.3) is 10.9 Å². The van der Waals surface area contributed by atoms with Gasteiger partial charge in [-0.3, -0.25) is 14.4 Å². The zero-order valence-corrected chi connectivity index (χ0v) is 18.5. The van der Waals surface area contributed by atoms with Gasteiger partial charge in [-0.2, -0.15) is 0 Å². The molecule has 2 aliphatic carbocycles. The highest BCUT2D eigenvalue weighted by Crippen LogP contribution is 2.33. The number of rotatable bonds is 6. The lowest BCUT2D eigenvalue weighted by atomic mass is 9.77. The molecule has 3 aliphatic rings. The van der Waals surface area contributed by atoms with Crippen molar-refractivity contribution < 1.29 is 4.79 Å². The van der Waals surface area contributed by atoms with Crippen LogP contribution in [0.25, 0.3) is 0 Å². The van der Waals surface area contributed by atoms with Gasteiger partial charge in [-0.15, -0.1) is 0 Å². The Balaban J connectivity index is 1.24. The zero-order valence-electron chi connectivity index (χ0n) is 18.5. The molecule has 30 heavy (non-hydrogen) atoms. The fourth-order valence-electron chi connectivity index (χ4n) is 5.75. The average molecular weight is 416 g/mol. The summed E-state index contributed by atoms with van der Waals surface area (Å²) >= 11 is 0. The topological polar surface area (TPSA) is 78.5 Å². The molecule has 3 fully saturated rings. The SMILES string of the molecule is C[C@@H]1[C@H](C)CCC[C@H]1NC(=O)C1CCC(CNc2c(N3CCCC3)c(=O)c2=O)CC1. The van der Waals surface area contributed by atoms with Gasteiger partial charge in [0.1, 0.15) is 11.4 Å². The van der Waals surface area contributed by atoms with Gasteiger partial charge in [0.2, 0.25) is 5.91 Å². The molecular weight excluding hydrogens is 378 g/mol. The summed E-state index contributed by atoms with van der Waals surface area (Å²) in [5.41, 5.74) is 0.454. The fraction of sp³-hybridized carbons (Fsp3) is 0.792. The van der Waals surface area contributed by atoms with Crippen LogP contribution in [-0.2, 0) is 4.79 Å². The Kier molecular flexibility index (Phi) is 6.49. The Hall–Kier alpha value is -1.85. The summed E-state index contributed by atoms with van der Waals surface area (Å²) in [6, 6.07) is 0.332. The van der Waals surface area contributed by atoms with Gasteiger partial charge >= 0.3 is 0 Å². The van der Waals surface area contributed by atoms with Gasteiger partial charge in [0, 0.05) is 31.6 Å². The van der Waals surface area contributed by atoms with E-state index >= 15 is 0 Å². The van der Waals surface area contributed by atoms with Crippen molar-refractivity contribution in [2.24, 2.45) is 23.7 Å². The van der Waals surface area contributed by atoms with E-state index in [9.17, 15) is 14.4 Å². The number of carbonyl (C=O) groups is 1. The van der Waals surface area contributed by atoms with Crippen LogP contribution in [0.5, 0.6) is 0 Å². The van der Waals surface area contributed by atoms with Crippen molar-refractivity contribution in [3.8, 4) is 0 Å². The highest BCUT2D eigenvalue weighted by molar-refractivity contribution is 5.79. The lowest BCUT2D eigenvalue weighted by Gasteiger charge is -2.36. The summed E-state index contributed by atoms with van der Waals surface area (Å²) in [6.45, 7) is 7.04. The molecule has 2 saturated carbocycles. The molecule has 166 valence electrons. The van der Waals surface area contributed by atoms with Gasteiger partial charge in [0.05, 0.1) is 0 Å². The maximum Gasteiger partial charge on any atom is 0.253 e. The van der Waals surface area contributed by atoms with E-state index in [0.717, 1.165) is 64.6 Å². The Morgan fingerprint density at radius 1 is 0.933 bits per heavy atom. The summed E-state index contributed by atoms with van der Waals surface area (Å²) in [7, 11) is 0. The summed E-state index contributed by atoms with van der Waals surface area (Å²) in [4.78, 5) is 38.9. The third-order valence-electron chi connectivity index (χ3n) is 8.13. The minimum Gasteiger partial charge on any atom is -0.380 e. The second-order valence-electron chi connectivity index (χ2n) is 10.1. The molecule has 3 atom stereocenters. The first-order valence-corrected chi connectivity index (χ1v) is 12.1. The summed E-state index contributed by atoms with van der Waals surface area (Å²) in [6.07, 6.45) is 9.59. The number of hydrogen-bond donors (Lipinski definition) is 2. The molecule has 0 unspecified atom stereocenters. The first kappa shape index (κ1) is 21.4. The van der Waals surface area contributed by atoms with E-state index in [-0.39, 0.29) is 22.7 Å². The molecule has 0 aromatic heterocycles. The van der Waals surface area contributed by atoms with E-state index in [1.807, 2.05) is 0 Å². The van der Waals surface area contributed by atoms with Crippen molar-refractivity contribution in [1.82, 2.24) is 5.32 Å². The van der Waals surface area contributed by atoms with Gasteiger partial charge in [0.15, 0.2) is 0 Å². The highest BCUT2D eigenvalue weighted by atomic mass is 16.2. The lowest BCUT2D eigenvalue weighted by Crippen LogP contribution is -2.46. The molecule has 1 aromatic carbocycles. The standard InChI is InChI=1S/C24H37N3O3/c1-15-6-5-7-19(16(15)2)26-24(30)18-10-8-17(9-11-18)14-25-20-21(23(29)22(20)28)27-12-3-4-13-27/h15-19,25H,3-14H2,1-2H3,(H,26,30)/t15-,16-,17?,18?,19-/m1/s1. The van der Waals surface area contributed by atoms with Crippen molar-refractivity contribution >= 4 is 17.3 Å². The van der Waals surface area contributed by atoms with Gasteiger partial charge in [-0.25, -0.2) is 0 Å². The number of nitrogens with one attached hydrogen (secondary N) is 2. The second-order valence-corrected chi connectivity index (χ2v) is 10.1. The Labute approximate surface area is 179 Å². The van der Waals surface area contributed by atoms with E-state index in [0.29, 0.717) is 35.2 Å². The summed E-state index contributed by atoms with van der Waals surface area (Å²) in [5, 5.41) is 6.63. The number of anilines is 2. The molecule has 0 bridgehead atoms. The van der Waals surface area contributed by atoms with Crippen LogP contribution in [0.15, 0.2) is 9.59 Å². The molecule has 2 N–H and O–H groups in total. The number of nitrogens with zero attached hydrogens (tertiary/aromatic N) is 1. The Morgan fingerprint density at radius 2 is 1.63 bits per heavy atom. The predicted octanol–water partition coefficient (Wildman–Crippen LogP) is 3.04. The van der Waals surface area contributed by atoms with Crippen LogP contribution in [-0.4, -0.2) is 31.6 Å². The molecule has 0 spiro atoms.